The first-order chi connectivity index (χ1) is 12.4. The Kier molecular flexibility index (Phi) is 4.05. The Bertz CT molecular complexity index is 969. The highest BCUT2D eigenvalue weighted by Gasteiger charge is 2.43. The number of sulfone groups is 1. The summed E-state index contributed by atoms with van der Waals surface area (Å²) in [6, 6.07) is 16.5. The maximum absolute atomic E-state index is 12.5. The molecule has 1 fully saturated rings. The number of amides is 1. The molecule has 134 valence electrons. The SMILES string of the molecule is CS(=O)(=O)c1ccc(N2C=C(c3ccccc3)C3C(=O)NCNC32)cc1. The average molecular weight is 369 g/mol. The molecule has 26 heavy (non-hydrogen) atoms. The minimum absolute atomic E-state index is 0.0147. The number of carbonyl (C=O) groups excluding carboxylic acids is 1. The van der Waals surface area contributed by atoms with E-state index in [4.69, 9.17) is 0 Å². The molecule has 4 rings (SSSR count). The Balaban J connectivity index is 1.75. The van der Waals surface area contributed by atoms with E-state index in [1.165, 1.54) is 6.26 Å². The van der Waals surface area contributed by atoms with E-state index in [2.05, 4.69) is 10.6 Å². The first-order valence-electron chi connectivity index (χ1n) is 8.32. The van der Waals surface area contributed by atoms with Crippen molar-refractivity contribution in [2.24, 2.45) is 5.92 Å². The number of hydrogen-bond acceptors (Lipinski definition) is 5. The van der Waals surface area contributed by atoms with E-state index in [1.54, 1.807) is 24.3 Å². The van der Waals surface area contributed by atoms with Gasteiger partial charge < -0.3 is 10.2 Å². The second-order valence-electron chi connectivity index (χ2n) is 6.47. The Morgan fingerprint density at radius 3 is 2.38 bits per heavy atom. The quantitative estimate of drug-likeness (QED) is 0.859. The van der Waals surface area contributed by atoms with Crippen LogP contribution in [0.2, 0.25) is 0 Å². The number of rotatable bonds is 3. The summed E-state index contributed by atoms with van der Waals surface area (Å²) in [6.45, 7) is 0.397. The lowest BCUT2D eigenvalue weighted by molar-refractivity contribution is -0.125. The Hall–Kier alpha value is -2.64. The topological polar surface area (TPSA) is 78.5 Å². The first-order valence-corrected chi connectivity index (χ1v) is 10.2. The molecular weight excluding hydrogens is 350 g/mol. The van der Waals surface area contributed by atoms with Gasteiger partial charge in [-0.1, -0.05) is 30.3 Å². The van der Waals surface area contributed by atoms with Gasteiger partial charge in [-0.25, -0.2) is 8.42 Å². The van der Waals surface area contributed by atoms with Crippen LogP contribution in [-0.2, 0) is 14.6 Å². The predicted octanol–water partition coefficient (Wildman–Crippen LogP) is 1.57. The van der Waals surface area contributed by atoms with Gasteiger partial charge in [-0.15, -0.1) is 0 Å². The van der Waals surface area contributed by atoms with Crippen LogP contribution in [0.1, 0.15) is 5.56 Å². The molecule has 2 N–H and O–H groups in total. The highest BCUT2D eigenvalue weighted by atomic mass is 32.2. The van der Waals surface area contributed by atoms with Crippen molar-refractivity contribution < 1.29 is 13.2 Å². The highest BCUT2D eigenvalue weighted by molar-refractivity contribution is 7.90. The first kappa shape index (κ1) is 16.8. The minimum Gasteiger partial charge on any atom is -0.343 e. The summed E-state index contributed by atoms with van der Waals surface area (Å²) in [5, 5.41) is 6.19. The van der Waals surface area contributed by atoms with E-state index < -0.39 is 9.84 Å². The summed E-state index contributed by atoms with van der Waals surface area (Å²) in [7, 11) is -3.24. The highest BCUT2D eigenvalue weighted by Crippen LogP contribution is 2.38. The molecule has 0 bridgehead atoms. The number of fused-ring (bicyclic) bond motifs is 1. The molecule has 0 spiro atoms. The van der Waals surface area contributed by atoms with E-state index in [0.717, 1.165) is 16.8 Å². The van der Waals surface area contributed by atoms with Crippen LogP contribution in [0.4, 0.5) is 5.69 Å². The number of carbonyl (C=O) groups is 1. The van der Waals surface area contributed by atoms with Crippen molar-refractivity contribution in [1.29, 1.82) is 0 Å². The van der Waals surface area contributed by atoms with Crippen molar-refractivity contribution >= 4 is 27.0 Å². The summed E-state index contributed by atoms with van der Waals surface area (Å²) in [5.74, 6) is -0.347. The number of hydrogen-bond donors (Lipinski definition) is 2. The molecule has 1 amide bonds. The zero-order valence-corrected chi connectivity index (χ0v) is 15.0. The molecule has 0 saturated carbocycles. The fourth-order valence-electron chi connectivity index (χ4n) is 3.48. The van der Waals surface area contributed by atoms with Crippen molar-refractivity contribution in [3.63, 3.8) is 0 Å². The van der Waals surface area contributed by atoms with Crippen LogP contribution in [0.25, 0.3) is 5.57 Å². The zero-order chi connectivity index (χ0) is 18.3. The molecule has 1 saturated heterocycles. The lowest BCUT2D eigenvalue weighted by Gasteiger charge is -2.34. The number of anilines is 1. The molecule has 0 aliphatic carbocycles. The van der Waals surface area contributed by atoms with Crippen LogP contribution in [-0.4, -0.2) is 33.4 Å². The van der Waals surface area contributed by atoms with Crippen LogP contribution in [0.5, 0.6) is 0 Å². The third-order valence-electron chi connectivity index (χ3n) is 4.76. The molecule has 2 aromatic rings. The van der Waals surface area contributed by atoms with Gasteiger partial charge in [0.15, 0.2) is 9.84 Å². The molecule has 2 aromatic carbocycles. The molecule has 2 atom stereocenters. The maximum Gasteiger partial charge on any atom is 0.232 e. The van der Waals surface area contributed by atoms with Crippen LogP contribution in [0.3, 0.4) is 0 Å². The molecule has 0 radical (unpaired) electrons. The van der Waals surface area contributed by atoms with E-state index in [9.17, 15) is 13.2 Å². The van der Waals surface area contributed by atoms with Gasteiger partial charge in [0.25, 0.3) is 0 Å². The molecule has 2 unspecified atom stereocenters. The monoisotopic (exact) mass is 369 g/mol. The maximum atomic E-state index is 12.5. The van der Waals surface area contributed by atoms with Gasteiger partial charge in [-0.2, -0.15) is 0 Å². The largest absolute Gasteiger partial charge is 0.343 e. The third kappa shape index (κ3) is 2.89. The lowest BCUT2D eigenvalue weighted by atomic mass is 9.91. The van der Waals surface area contributed by atoms with E-state index in [1.807, 2.05) is 41.4 Å². The number of nitrogens with zero attached hydrogens (tertiary/aromatic N) is 1. The van der Waals surface area contributed by atoms with Gasteiger partial charge >= 0.3 is 0 Å². The van der Waals surface area contributed by atoms with E-state index >= 15 is 0 Å². The zero-order valence-electron chi connectivity index (χ0n) is 14.2. The predicted molar refractivity (Wildman–Crippen MR) is 99.9 cm³/mol. The Morgan fingerprint density at radius 2 is 1.73 bits per heavy atom. The number of benzene rings is 2. The van der Waals surface area contributed by atoms with E-state index in [-0.39, 0.29) is 22.9 Å². The second-order valence-corrected chi connectivity index (χ2v) is 8.48. The Morgan fingerprint density at radius 1 is 1.04 bits per heavy atom. The van der Waals surface area contributed by atoms with Crippen LogP contribution < -0.4 is 15.5 Å². The fraction of sp³-hybridized carbons (Fsp3) is 0.211. The molecule has 2 aliphatic rings. The smallest absolute Gasteiger partial charge is 0.232 e. The lowest BCUT2D eigenvalue weighted by Crippen LogP contribution is -2.58. The summed E-state index contributed by atoms with van der Waals surface area (Å²) in [4.78, 5) is 14.8. The standard InChI is InChI=1S/C19H19N3O3S/c1-26(24,25)15-9-7-14(8-10-15)22-11-16(13-5-3-2-4-6-13)17-18(22)20-12-21-19(17)23/h2-11,17-18,20H,12H2,1H3,(H,21,23). The van der Waals surface area contributed by atoms with Gasteiger partial charge in [-0.3, -0.25) is 10.1 Å². The molecule has 6 nitrogen and oxygen atoms in total. The van der Waals surface area contributed by atoms with Crippen LogP contribution >= 0.6 is 0 Å². The summed E-state index contributed by atoms with van der Waals surface area (Å²) < 4.78 is 23.4. The van der Waals surface area contributed by atoms with Crippen molar-refractivity contribution in [3.8, 4) is 0 Å². The Labute approximate surface area is 152 Å². The summed E-state index contributed by atoms with van der Waals surface area (Å²) >= 11 is 0. The normalized spacial score (nSPS) is 22.6. The molecular formula is C19H19N3O3S. The summed E-state index contributed by atoms with van der Waals surface area (Å²) in [5.41, 5.74) is 2.77. The van der Waals surface area contributed by atoms with Crippen LogP contribution in [0.15, 0.2) is 65.7 Å². The molecule has 7 heteroatoms. The minimum atomic E-state index is -3.24. The summed E-state index contributed by atoms with van der Waals surface area (Å²) in [6.07, 6.45) is 2.95. The van der Waals surface area contributed by atoms with Crippen LogP contribution in [0, 0.1) is 5.92 Å². The third-order valence-corrected chi connectivity index (χ3v) is 5.88. The fourth-order valence-corrected chi connectivity index (χ4v) is 4.11. The van der Waals surface area contributed by atoms with Gasteiger partial charge in [0.1, 0.15) is 6.17 Å². The molecule has 2 heterocycles. The van der Waals surface area contributed by atoms with Crippen molar-refractivity contribution in [2.45, 2.75) is 11.1 Å². The second kappa shape index (κ2) is 6.26. The van der Waals surface area contributed by atoms with E-state index in [0.29, 0.717) is 6.67 Å². The van der Waals surface area contributed by atoms with Crippen molar-refractivity contribution in [3.05, 3.63) is 66.4 Å². The average Bonchev–Trinajstić information content (AvgIpc) is 3.03. The van der Waals surface area contributed by atoms with Gasteiger partial charge in [-0.05, 0) is 35.4 Å². The molecule has 2 aliphatic heterocycles. The number of nitrogens with one attached hydrogen (secondary N) is 2. The van der Waals surface area contributed by atoms with Crippen molar-refractivity contribution in [2.75, 3.05) is 17.8 Å². The van der Waals surface area contributed by atoms with Gasteiger partial charge in [0, 0.05) is 18.1 Å². The van der Waals surface area contributed by atoms with Crippen molar-refractivity contribution in [1.82, 2.24) is 10.6 Å². The van der Waals surface area contributed by atoms with Gasteiger partial charge in [0.2, 0.25) is 5.91 Å². The molecule has 0 aromatic heterocycles. The van der Waals surface area contributed by atoms with Gasteiger partial charge in [0.05, 0.1) is 17.5 Å².